The minimum absolute atomic E-state index is 0.109. The van der Waals surface area contributed by atoms with Gasteiger partial charge in [0.15, 0.2) is 0 Å². The number of carbonyl (C=O) groups excluding carboxylic acids is 1. The fourth-order valence-corrected chi connectivity index (χ4v) is 2.79. The molecule has 1 aromatic carbocycles. The largest absolute Gasteiger partial charge is 0.348 e. The molecule has 0 aliphatic rings. The summed E-state index contributed by atoms with van der Waals surface area (Å²) >= 11 is 1.64. The van der Waals surface area contributed by atoms with E-state index in [0.717, 1.165) is 22.4 Å². The normalized spacial score (nSPS) is 10.8. The van der Waals surface area contributed by atoms with Gasteiger partial charge in [-0.1, -0.05) is 30.3 Å². The average molecular weight is 320 g/mol. The zero-order valence-electron chi connectivity index (χ0n) is 12.5. The SMILES string of the molecule is O=C(/C=C/c1ccccc1)NCc1ccnc(-c2ccsc2)c1. The molecule has 0 saturated heterocycles. The predicted octanol–water partition coefficient (Wildman–Crippen LogP) is 4.14. The van der Waals surface area contributed by atoms with Gasteiger partial charge in [0, 0.05) is 29.8 Å². The summed E-state index contributed by atoms with van der Waals surface area (Å²) in [7, 11) is 0. The van der Waals surface area contributed by atoms with Gasteiger partial charge in [0.05, 0.1) is 5.69 Å². The molecule has 23 heavy (non-hydrogen) atoms. The number of benzene rings is 1. The Morgan fingerprint density at radius 3 is 2.83 bits per heavy atom. The van der Waals surface area contributed by atoms with Crippen molar-refractivity contribution in [1.29, 1.82) is 0 Å². The number of nitrogens with zero attached hydrogens (tertiary/aromatic N) is 1. The number of hydrogen-bond acceptors (Lipinski definition) is 3. The van der Waals surface area contributed by atoms with Gasteiger partial charge in [-0.25, -0.2) is 0 Å². The van der Waals surface area contributed by atoms with Gasteiger partial charge in [-0.15, -0.1) is 0 Å². The van der Waals surface area contributed by atoms with E-state index in [1.165, 1.54) is 0 Å². The fraction of sp³-hybridized carbons (Fsp3) is 0.0526. The third-order valence-corrected chi connectivity index (χ3v) is 4.02. The summed E-state index contributed by atoms with van der Waals surface area (Å²) in [5.74, 6) is -0.109. The molecular weight excluding hydrogens is 304 g/mol. The molecule has 114 valence electrons. The molecule has 0 aliphatic heterocycles. The van der Waals surface area contributed by atoms with Crippen LogP contribution in [0.2, 0.25) is 0 Å². The third kappa shape index (κ3) is 4.37. The third-order valence-electron chi connectivity index (χ3n) is 3.33. The van der Waals surface area contributed by atoms with Crippen molar-refractivity contribution in [3.05, 3.63) is 82.7 Å². The van der Waals surface area contributed by atoms with Crippen LogP contribution in [0.1, 0.15) is 11.1 Å². The maximum atomic E-state index is 11.9. The van der Waals surface area contributed by atoms with Crippen LogP contribution in [-0.4, -0.2) is 10.9 Å². The van der Waals surface area contributed by atoms with Gasteiger partial charge in [0.2, 0.25) is 5.91 Å². The number of thiophene rings is 1. The minimum atomic E-state index is -0.109. The van der Waals surface area contributed by atoms with Crippen molar-refractivity contribution in [1.82, 2.24) is 10.3 Å². The molecular formula is C19H16N2OS. The molecule has 0 aliphatic carbocycles. The van der Waals surface area contributed by atoms with E-state index in [0.29, 0.717) is 6.54 Å². The summed E-state index contributed by atoms with van der Waals surface area (Å²) in [6.07, 6.45) is 5.13. The Bertz CT molecular complexity index is 795. The van der Waals surface area contributed by atoms with E-state index in [1.54, 1.807) is 29.7 Å². The van der Waals surface area contributed by atoms with Crippen molar-refractivity contribution in [3.8, 4) is 11.3 Å². The van der Waals surface area contributed by atoms with Gasteiger partial charge in [0.1, 0.15) is 0 Å². The van der Waals surface area contributed by atoms with Gasteiger partial charge < -0.3 is 5.32 Å². The molecule has 0 atom stereocenters. The Morgan fingerprint density at radius 1 is 1.17 bits per heavy atom. The number of aromatic nitrogens is 1. The first-order valence-corrected chi connectivity index (χ1v) is 8.24. The zero-order valence-corrected chi connectivity index (χ0v) is 13.3. The van der Waals surface area contributed by atoms with Crippen LogP contribution in [0.5, 0.6) is 0 Å². The topological polar surface area (TPSA) is 42.0 Å². The quantitative estimate of drug-likeness (QED) is 0.718. The zero-order chi connectivity index (χ0) is 15.9. The first kappa shape index (κ1) is 15.2. The molecule has 2 aromatic heterocycles. The van der Waals surface area contributed by atoms with E-state index in [2.05, 4.69) is 15.7 Å². The van der Waals surface area contributed by atoms with Crippen LogP contribution in [0.3, 0.4) is 0 Å². The van der Waals surface area contributed by atoms with Crippen molar-refractivity contribution in [2.45, 2.75) is 6.54 Å². The molecule has 0 bridgehead atoms. The second-order valence-electron chi connectivity index (χ2n) is 5.02. The van der Waals surface area contributed by atoms with Gasteiger partial charge >= 0.3 is 0 Å². The van der Waals surface area contributed by atoms with E-state index < -0.39 is 0 Å². The number of carbonyl (C=O) groups is 1. The lowest BCUT2D eigenvalue weighted by atomic mass is 10.1. The number of pyridine rings is 1. The van der Waals surface area contributed by atoms with Crippen LogP contribution in [0.25, 0.3) is 17.3 Å². The lowest BCUT2D eigenvalue weighted by Crippen LogP contribution is -2.20. The van der Waals surface area contributed by atoms with E-state index in [1.807, 2.05) is 53.9 Å². The molecule has 3 rings (SSSR count). The lowest BCUT2D eigenvalue weighted by Gasteiger charge is -2.04. The molecule has 3 aromatic rings. The maximum absolute atomic E-state index is 11.9. The Labute approximate surface area is 139 Å². The number of rotatable bonds is 5. The van der Waals surface area contributed by atoms with E-state index >= 15 is 0 Å². The van der Waals surface area contributed by atoms with Crippen LogP contribution in [0.15, 0.2) is 71.6 Å². The standard InChI is InChI=1S/C19H16N2OS/c22-19(7-6-15-4-2-1-3-5-15)21-13-16-8-10-20-18(12-16)17-9-11-23-14-17/h1-12,14H,13H2,(H,21,22)/b7-6+. The maximum Gasteiger partial charge on any atom is 0.244 e. The summed E-state index contributed by atoms with van der Waals surface area (Å²) in [5.41, 5.74) is 4.07. The molecule has 0 spiro atoms. The van der Waals surface area contributed by atoms with Crippen molar-refractivity contribution in [2.24, 2.45) is 0 Å². The van der Waals surface area contributed by atoms with Gasteiger partial charge in [-0.05, 0) is 40.8 Å². The second-order valence-corrected chi connectivity index (χ2v) is 5.80. The summed E-state index contributed by atoms with van der Waals surface area (Å²) in [5, 5.41) is 6.98. The van der Waals surface area contributed by atoms with Crippen LogP contribution < -0.4 is 5.32 Å². The van der Waals surface area contributed by atoms with E-state index in [-0.39, 0.29) is 5.91 Å². The molecule has 1 N–H and O–H groups in total. The molecule has 0 radical (unpaired) electrons. The molecule has 0 fully saturated rings. The average Bonchev–Trinajstić information content (AvgIpc) is 3.14. The Hall–Kier alpha value is -2.72. The van der Waals surface area contributed by atoms with Crippen molar-refractivity contribution in [2.75, 3.05) is 0 Å². The van der Waals surface area contributed by atoms with Gasteiger partial charge in [-0.3, -0.25) is 9.78 Å². The molecule has 0 saturated carbocycles. The van der Waals surface area contributed by atoms with Crippen molar-refractivity contribution < 1.29 is 4.79 Å². The monoisotopic (exact) mass is 320 g/mol. The van der Waals surface area contributed by atoms with Gasteiger partial charge in [-0.2, -0.15) is 11.3 Å². The first-order chi connectivity index (χ1) is 11.3. The van der Waals surface area contributed by atoms with E-state index in [4.69, 9.17) is 0 Å². The molecule has 0 unspecified atom stereocenters. The Balaban J connectivity index is 1.59. The highest BCUT2D eigenvalue weighted by Gasteiger charge is 2.02. The molecule has 4 heteroatoms. The first-order valence-electron chi connectivity index (χ1n) is 7.30. The number of hydrogen-bond donors (Lipinski definition) is 1. The van der Waals surface area contributed by atoms with Crippen LogP contribution in [0, 0.1) is 0 Å². The van der Waals surface area contributed by atoms with Crippen LogP contribution >= 0.6 is 11.3 Å². The summed E-state index contributed by atoms with van der Waals surface area (Å²) in [6, 6.07) is 15.7. The molecule has 1 amide bonds. The van der Waals surface area contributed by atoms with Crippen LogP contribution in [0.4, 0.5) is 0 Å². The molecule has 2 heterocycles. The van der Waals surface area contributed by atoms with E-state index in [9.17, 15) is 4.79 Å². The summed E-state index contributed by atoms with van der Waals surface area (Å²) < 4.78 is 0. The fourth-order valence-electron chi connectivity index (χ4n) is 2.14. The number of nitrogens with one attached hydrogen (secondary N) is 1. The van der Waals surface area contributed by atoms with Crippen molar-refractivity contribution >= 4 is 23.3 Å². The smallest absolute Gasteiger partial charge is 0.244 e. The Kier molecular flexibility index (Phi) is 4.96. The second kappa shape index (κ2) is 7.51. The van der Waals surface area contributed by atoms with Crippen molar-refractivity contribution in [3.63, 3.8) is 0 Å². The molecule has 3 nitrogen and oxygen atoms in total. The summed E-state index contributed by atoms with van der Waals surface area (Å²) in [4.78, 5) is 16.3. The van der Waals surface area contributed by atoms with Gasteiger partial charge in [0.25, 0.3) is 0 Å². The Morgan fingerprint density at radius 2 is 2.04 bits per heavy atom. The predicted molar refractivity (Wildman–Crippen MR) is 94.9 cm³/mol. The highest BCUT2D eigenvalue weighted by Crippen LogP contribution is 2.20. The lowest BCUT2D eigenvalue weighted by molar-refractivity contribution is -0.116. The van der Waals surface area contributed by atoms with Crippen LogP contribution in [-0.2, 0) is 11.3 Å². The number of amides is 1. The minimum Gasteiger partial charge on any atom is -0.348 e. The highest BCUT2D eigenvalue weighted by atomic mass is 32.1. The highest BCUT2D eigenvalue weighted by molar-refractivity contribution is 7.08. The summed E-state index contributed by atoms with van der Waals surface area (Å²) in [6.45, 7) is 0.484.